The molecule has 0 bridgehead atoms. The molecule has 5 heteroatoms. The highest BCUT2D eigenvalue weighted by Gasteiger charge is 2.38. The number of carbonyl (C=O) groups excluding carboxylic acids is 2. The minimum Gasteiger partial charge on any atom is -0.353 e. The van der Waals surface area contributed by atoms with Gasteiger partial charge in [-0.2, -0.15) is 0 Å². The van der Waals surface area contributed by atoms with Gasteiger partial charge in [0.05, 0.1) is 5.92 Å². The molecule has 112 valence electrons. The predicted octanol–water partition coefficient (Wildman–Crippen LogP) is 0.502. The highest BCUT2D eigenvalue weighted by molar-refractivity contribution is 5.80. The van der Waals surface area contributed by atoms with Crippen molar-refractivity contribution in [2.45, 2.75) is 51.1 Å². The van der Waals surface area contributed by atoms with Gasteiger partial charge in [-0.15, -0.1) is 0 Å². The standard InChI is InChI=1S/C15H25N3O2/c1-10-12(3-2-7-16-10)15(20)18-8-6-13-11(9-18)4-5-14(19)17-13/h10-13,16H,2-9H2,1H3,(H,17,19). The Hall–Kier alpha value is -1.10. The molecule has 0 aliphatic carbocycles. The molecule has 4 unspecified atom stereocenters. The number of rotatable bonds is 1. The van der Waals surface area contributed by atoms with Crippen molar-refractivity contribution < 1.29 is 9.59 Å². The molecule has 3 aliphatic rings. The summed E-state index contributed by atoms with van der Waals surface area (Å²) in [5.41, 5.74) is 0. The second-order valence-electron chi connectivity index (χ2n) is 6.54. The molecule has 3 rings (SSSR count). The van der Waals surface area contributed by atoms with Crippen LogP contribution in [0.2, 0.25) is 0 Å². The predicted molar refractivity (Wildman–Crippen MR) is 76.0 cm³/mol. The van der Waals surface area contributed by atoms with E-state index in [1.54, 1.807) is 0 Å². The minimum atomic E-state index is 0.137. The molecular weight excluding hydrogens is 254 g/mol. The van der Waals surface area contributed by atoms with Crippen LogP contribution in [-0.2, 0) is 9.59 Å². The van der Waals surface area contributed by atoms with Gasteiger partial charge in [-0.05, 0) is 45.1 Å². The molecule has 2 amide bonds. The van der Waals surface area contributed by atoms with Gasteiger partial charge < -0.3 is 15.5 Å². The lowest BCUT2D eigenvalue weighted by Crippen LogP contribution is -2.57. The fourth-order valence-corrected chi connectivity index (χ4v) is 3.93. The van der Waals surface area contributed by atoms with Crippen molar-refractivity contribution in [3.63, 3.8) is 0 Å². The lowest BCUT2D eigenvalue weighted by molar-refractivity contribution is -0.140. The van der Waals surface area contributed by atoms with Gasteiger partial charge in [-0.1, -0.05) is 0 Å². The number of hydrogen-bond donors (Lipinski definition) is 2. The lowest BCUT2D eigenvalue weighted by Gasteiger charge is -2.43. The molecule has 4 atom stereocenters. The fraction of sp³-hybridized carbons (Fsp3) is 0.867. The smallest absolute Gasteiger partial charge is 0.227 e. The normalized spacial score (nSPS) is 38.0. The van der Waals surface area contributed by atoms with Gasteiger partial charge in [0.25, 0.3) is 0 Å². The lowest BCUT2D eigenvalue weighted by atomic mass is 9.83. The van der Waals surface area contributed by atoms with Gasteiger partial charge in [-0.25, -0.2) is 0 Å². The van der Waals surface area contributed by atoms with Crippen LogP contribution in [0.15, 0.2) is 0 Å². The third kappa shape index (κ3) is 2.68. The van der Waals surface area contributed by atoms with Crippen LogP contribution in [0.25, 0.3) is 0 Å². The van der Waals surface area contributed by atoms with Gasteiger partial charge in [0.1, 0.15) is 0 Å². The molecule has 20 heavy (non-hydrogen) atoms. The van der Waals surface area contributed by atoms with E-state index in [4.69, 9.17) is 0 Å². The fourth-order valence-electron chi connectivity index (χ4n) is 3.93. The van der Waals surface area contributed by atoms with Crippen LogP contribution in [0.3, 0.4) is 0 Å². The summed E-state index contributed by atoms with van der Waals surface area (Å²) in [6, 6.07) is 0.585. The van der Waals surface area contributed by atoms with Gasteiger partial charge in [0, 0.05) is 31.6 Å². The van der Waals surface area contributed by atoms with Gasteiger partial charge in [0.2, 0.25) is 11.8 Å². The summed E-state index contributed by atoms with van der Waals surface area (Å²) in [5.74, 6) is 1.09. The number of amides is 2. The summed E-state index contributed by atoms with van der Waals surface area (Å²) < 4.78 is 0. The number of likely N-dealkylation sites (tertiary alicyclic amines) is 1. The topological polar surface area (TPSA) is 61.4 Å². The van der Waals surface area contributed by atoms with Gasteiger partial charge >= 0.3 is 0 Å². The first-order valence-electron chi connectivity index (χ1n) is 7.96. The van der Waals surface area contributed by atoms with Crippen LogP contribution < -0.4 is 10.6 Å². The maximum absolute atomic E-state index is 12.7. The van der Waals surface area contributed by atoms with Crippen LogP contribution in [-0.4, -0.2) is 48.4 Å². The van der Waals surface area contributed by atoms with E-state index in [1.807, 2.05) is 4.90 Å². The first-order valence-corrected chi connectivity index (χ1v) is 7.96. The Morgan fingerprint density at radius 1 is 1.30 bits per heavy atom. The van der Waals surface area contributed by atoms with Crippen molar-refractivity contribution in [1.82, 2.24) is 15.5 Å². The Morgan fingerprint density at radius 3 is 2.95 bits per heavy atom. The number of piperidine rings is 3. The highest BCUT2D eigenvalue weighted by Crippen LogP contribution is 2.28. The summed E-state index contributed by atoms with van der Waals surface area (Å²) >= 11 is 0. The molecule has 5 nitrogen and oxygen atoms in total. The van der Waals surface area contributed by atoms with Crippen molar-refractivity contribution in [3.8, 4) is 0 Å². The molecule has 3 heterocycles. The molecule has 0 aromatic carbocycles. The van der Waals surface area contributed by atoms with E-state index in [2.05, 4.69) is 17.6 Å². The summed E-state index contributed by atoms with van der Waals surface area (Å²) in [7, 11) is 0. The van der Waals surface area contributed by atoms with E-state index in [-0.39, 0.29) is 11.8 Å². The third-order valence-electron chi connectivity index (χ3n) is 5.21. The minimum absolute atomic E-state index is 0.137. The quantitative estimate of drug-likeness (QED) is 0.735. The van der Waals surface area contributed by atoms with Crippen LogP contribution in [0.5, 0.6) is 0 Å². The number of hydrogen-bond acceptors (Lipinski definition) is 3. The summed E-state index contributed by atoms with van der Waals surface area (Å²) in [6.45, 7) is 4.77. The molecular formula is C15H25N3O2. The van der Waals surface area contributed by atoms with E-state index in [0.29, 0.717) is 30.3 Å². The van der Waals surface area contributed by atoms with Crippen molar-refractivity contribution in [1.29, 1.82) is 0 Å². The Labute approximate surface area is 120 Å². The Balaban J connectivity index is 1.61. The molecule has 0 spiro atoms. The molecule has 0 aromatic rings. The van der Waals surface area contributed by atoms with Crippen LogP contribution >= 0.6 is 0 Å². The first kappa shape index (κ1) is 13.9. The number of carbonyl (C=O) groups is 2. The van der Waals surface area contributed by atoms with Crippen molar-refractivity contribution in [2.24, 2.45) is 11.8 Å². The van der Waals surface area contributed by atoms with E-state index in [0.717, 1.165) is 45.3 Å². The zero-order valence-corrected chi connectivity index (χ0v) is 12.2. The second-order valence-corrected chi connectivity index (χ2v) is 6.54. The monoisotopic (exact) mass is 279 g/mol. The molecule has 3 aliphatic heterocycles. The number of nitrogens with one attached hydrogen (secondary N) is 2. The number of fused-ring (bicyclic) bond motifs is 1. The van der Waals surface area contributed by atoms with Crippen LogP contribution in [0.1, 0.15) is 39.0 Å². The SMILES string of the molecule is CC1NCCCC1C(=O)N1CCC2NC(=O)CCC2C1. The average Bonchev–Trinajstić information content (AvgIpc) is 2.46. The van der Waals surface area contributed by atoms with Gasteiger partial charge in [0.15, 0.2) is 0 Å². The van der Waals surface area contributed by atoms with Crippen molar-refractivity contribution in [3.05, 3.63) is 0 Å². The van der Waals surface area contributed by atoms with E-state index in [1.165, 1.54) is 0 Å². The maximum atomic E-state index is 12.7. The zero-order valence-electron chi connectivity index (χ0n) is 12.2. The molecule has 0 radical (unpaired) electrons. The summed E-state index contributed by atoms with van der Waals surface area (Å²) in [5, 5.41) is 6.49. The van der Waals surface area contributed by atoms with Crippen molar-refractivity contribution in [2.75, 3.05) is 19.6 Å². The maximum Gasteiger partial charge on any atom is 0.227 e. The van der Waals surface area contributed by atoms with E-state index < -0.39 is 0 Å². The molecule has 3 saturated heterocycles. The van der Waals surface area contributed by atoms with Gasteiger partial charge in [-0.3, -0.25) is 9.59 Å². The molecule has 3 fully saturated rings. The Morgan fingerprint density at radius 2 is 2.15 bits per heavy atom. The first-order chi connectivity index (χ1) is 9.65. The number of nitrogens with zero attached hydrogens (tertiary/aromatic N) is 1. The van der Waals surface area contributed by atoms with Crippen LogP contribution in [0.4, 0.5) is 0 Å². The summed E-state index contributed by atoms with van der Waals surface area (Å²) in [4.78, 5) is 26.2. The molecule has 2 N–H and O–H groups in total. The molecule has 0 aromatic heterocycles. The third-order valence-corrected chi connectivity index (χ3v) is 5.21. The largest absolute Gasteiger partial charge is 0.353 e. The Kier molecular flexibility index (Phi) is 3.96. The van der Waals surface area contributed by atoms with Crippen molar-refractivity contribution >= 4 is 11.8 Å². The van der Waals surface area contributed by atoms with Crippen LogP contribution in [0, 0.1) is 11.8 Å². The average molecular weight is 279 g/mol. The highest BCUT2D eigenvalue weighted by atomic mass is 16.2. The second kappa shape index (κ2) is 5.72. The zero-order chi connectivity index (χ0) is 14.1. The Bertz CT molecular complexity index is 399. The molecule has 0 saturated carbocycles. The van der Waals surface area contributed by atoms with E-state index >= 15 is 0 Å². The summed E-state index contributed by atoms with van der Waals surface area (Å²) in [6.07, 6.45) is 4.56. The van der Waals surface area contributed by atoms with E-state index in [9.17, 15) is 9.59 Å².